The molecule has 0 radical (unpaired) electrons. The summed E-state index contributed by atoms with van der Waals surface area (Å²) in [5.74, 6) is 1.25. The Kier molecular flexibility index (Phi) is 8.27. The number of guanidine groups is 2. The Morgan fingerprint density at radius 3 is 1.41 bits per heavy atom. The number of benzene rings is 2. The van der Waals surface area contributed by atoms with E-state index in [0.717, 1.165) is 22.6 Å². The maximum absolute atomic E-state index is 5.96. The van der Waals surface area contributed by atoms with Crippen LogP contribution in [0.2, 0.25) is 0 Å². The lowest BCUT2D eigenvalue weighted by molar-refractivity contribution is 0.287. The fraction of sp³-hybridized carbons (Fsp3) is 0.200. The molecule has 2 aromatic carbocycles. The average Bonchev–Trinajstić information content (AvgIpc) is 3.17. The van der Waals surface area contributed by atoms with Crippen molar-refractivity contribution >= 4 is 48.2 Å². The van der Waals surface area contributed by atoms with Crippen LogP contribution in [-0.4, -0.2) is 23.3 Å². The topological polar surface area (TPSA) is 172 Å². The molecule has 4 bridgehead atoms. The summed E-state index contributed by atoms with van der Waals surface area (Å²) < 4.78 is 11.9. The molecule has 0 spiro atoms. The SMILES string of the molecule is Cl.Cl.NC(N)=NN=C(CCC(=NN=C(N)N)C1Oc2cccc1c2)C1Oc2cccc1c2. The first kappa shape index (κ1) is 24.8. The Morgan fingerprint density at radius 1 is 0.656 bits per heavy atom. The predicted octanol–water partition coefficient (Wildman–Crippen LogP) is 2.14. The number of nitrogens with two attached hydrogens (primary N) is 4. The van der Waals surface area contributed by atoms with Crippen LogP contribution in [0.3, 0.4) is 0 Å². The summed E-state index contributed by atoms with van der Waals surface area (Å²) in [5, 5.41) is 16.1. The first-order chi connectivity index (χ1) is 14.5. The van der Waals surface area contributed by atoms with Gasteiger partial charge < -0.3 is 32.4 Å². The average molecular weight is 479 g/mol. The standard InChI is InChI=1S/C20H22N8O2.2ClH/c21-19(22)27-25-15(17-11-3-1-5-13(9-11)29-17)7-8-16(26-28-20(23)24)18-12-4-2-6-14(10-12)30-18;;/h1-6,9-10,17-18H,7-8H2,(H4,21,22,27)(H4,23,24,28);2*1H. The molecule has 4 rings (SSSR count). The van der Waals surface area contributed by atoms with Gasteiger partial charge in [-0.15, -0.1) is 35.0 Å². The third-order valence-electron chi connectivity index (χ3n) is 4.66. The largest absolute Gasteiger partial charge is 0.480 e. The molecule has 0 aliphatic carbocycles. The van der Waals surface area contributed by atoms with Crippen LogP contribution in [0.5, 0.6) is 11.5 Å². The quantitative estimate of drug-likeness (QED) is 0.269. The van der Waals surface area contributed by atoms with E-state index in [1.54, 1.807) is 0 Å². The van der Waals surface area contributed by atoms with Gasteiger partial charge in [-0.3, -0.25) is 0 Å². The molecule has 2 unspecified atom stereocenters. The molecule has 170 valence electrons. The van der Waals surface area contributed by atoms with Crippen LogP contribution >= 0.6 is 24.8 Å². The highest BCUT2D eigenvalue weighted by Gasteiger charge is 2.30. The van der Waals surface area contributed by atoms with Crippen LogP contribution in [-0.2, 0) is 0 Å². The molecular weight excluding hydrogens is 455 g/mol. The van der Waals surface area contributed by atoms with Gasteiger partial charge in [-0.25, -0.2) is 0 Å². The summed E-state index contributed by atoms with van der Waals surface area (Å²) in [5.41, 5.74) is 25.1. The van der Waals surface area contributed by atoms with Crippen molar-refractivity contribution in [1.29, 1.82) is 0 Å². The second-order valence-electron chi connectivity index (χ2n) is 6.87. The maximum Gasteiger partial charge on any atom is 0.211 e. The molecule has 32 heavy (non-hydrogen) atoms. The van der Waals surface area contributed by atoms with E-state index in [1.165, 1.54) is 0 Å². The molecule has 2 heterocycles. The first-order valence-electron chi connectivity index (χ1n) is 9.33. The second-order valence-corrected chi connectivity index (χ2v) is 6.87. The van der Waals surface area contributed by atoms with Gasteiger partial charge in [0, 0.05) is 11.1 Å². The Balaban J connectivity index is 0.00000181. The van der Waals surface area contributed by atoms with Crippen LogP contribution in [0, 0.1) is 0 Å². The molecule has 0 aromatic heterocycles. The minimum atomic E-state index is -0.382. The Morgan fingerprint density at radius 2 is 1.06 bits per heavy atom. The second kappa shape index (κ2) is 10.7. The minimum absolute atomic E-state index is 0. The van der Waals surface area contributed by atoms with E-state index in [2.05, 4.69) is 20.4 Å². The molecule has 2 aliphatic rings. The lowest BCUT2D eigenvalue weighted by Crippen LogP contribution is -2.24. The number of ether oxygens (including phenoxy) is 2. The van der Waals surface area contributed by atoms with Gasteiger partial charge in [0.25, 0.3) is 0 Å². The summed E-state index contributed by atoms with van der Waals surface area (Å²) in [6.45, 7) is 0. The number of hydrogen-bond donors (Lipinski definition) is 4. The highest BCUT2D eigenvalue weighted by atomic mass is 35.5. The fourth-order valence-corrected chi connectivity index (χ4v) is 3.40. The van der Waals surface area contributed by atoms with Gasteiger partial charge in [0.15, 0.2) is 12.2 Å². The van der Waals surface area contributed by atoms with Crippen molar-refractivity contribution in [1.82, 2.24) is 0 Å². The van der Waals surface area contributed by atoms with Crippen LogP contribution in [0.15, 0.2) is 68.9 Å². The third kappa shape index (κ3) is 5.59. The molecule has 2 aliphatic heterocycles. The van der Waals surface area contributed by atoms with E-state index in [4.69, 9.17) is 32.4 Å². The van der Waals surface area contributed by atoms with Gasteiger partial charge >= 0.3 is 0 Å². The molecule has 0 amide bonds. The molecule has 12 heteroatoms. The highest BCUT2D eigenvalue weighted by Crippen LogP contribution is 2.36. The van der Waals surface area contributed by atoms with Crippen molar-refractivity contribution < 1.29 is 9.47 Å². The maximum atomic E-state index is 5.96. The zero-order valence-corrected chi connectivity index (χ0v) is 18.6. The van der Waals surface area contributed by atoms with E-state index in [-0.39, 0.29) is 48.9 Å². The van der Waals surface area contributed by atoms with Crippen molar-refractivity contribution in [2.24, 2.45) is 43.3 Å². The van der Waals surface area contributed by atoms with E-state index in [1.807, 2.05) is 48.5 Å². The van der Waals surface area contributed by atoms with Crippen molar-refractivity contribution in [2.75, 3.05) is 0 Å². The van der Waals surface area contributed by atoms with Crippen LogP contribution in [0.25, 0.3) is 0 Å². The Labute approximate surface area is 197 Å². The summed E-state index contributed by atoms with van der Waals surface area (Å²) in [4.78, 5) is 0. The minimum Gasteiger partial charge on any atom is -0.480 e. The van der Waals surface area contributed by atoms with Gasteiger partial charge in [0.1, 0.15) is 11.5 Å². The number of hydrogen-bond acceptors (Lipinski definition) is 6. The molecule has 0 saturated carbocycles. The smallest absolute Gasteiger partial charge is 0.211 e. The summed E-state index contributed by atoms with van der Waals surface area (Å²) in [6, 6.07) is 15.4. The molecule has 8 N–H and O–H groups in total. The van der Waals surface area contributed by atoms with E-state index in [9.17, 15) is 0 Å². The molecule has 2 aromatic rings. The zero-order chi connectivity index (χ0) is 21.1. The third-order valence-corrected chi connectivity index (χ3v) is 4.66. The summed E-state index contributed by atoms with van der Waals surface area (Å²) in [7, 11) is 0. The number of halogens is 2. The van der Waals surface area contributed by atoms with Gasteiger partial charge in [-0.2, -0.15) is 10.2 Å². The number of rotatable bonds is 7. The summed E-state index contributed by atoms with van der Waals surface area (Å²) in [6.07, 6.45) is 0.143. The number of nitrogens with zero attached hydrogens (tertiary/aromatic N) is 4. The monoisotopic (exact) mass is 478 g/mol. The molecule has 0 saturated heterocycles. The van der Waals surface area contributed by atoms with E-state index < -0.39 is 0 Å². The van der Waals surface area contributed by atoms with Crippen molar-refractivity contribution in [3.8, 4) is 11.5 Å². The van der Waals surface area contributed by atoms with Crippen LogP contribution in [0.1, 0.15) is 36.2 Å². The van der Waals surface area contributed by atoms with Crippen molar-refractivity contribution in [3.63, 3.8) is 0 Å². The van der Waals surface area contributed by atoms with E-state index in [0.29, 0.717) is 24.3 Å². The zero-order valence-electron chi connectivity index (χ0n) is 16.9. The fourth-order valence-electron chi connectivity index (χ4n) is 3.40. The lowest BCUT2D eigenvalue weighted by atomic mass is 9.98. The normalized spacial score (nSPS) is 17.9. The van der Waals surface area contributed by atoms with E-state index >= 15 is 0 Å². The van der Waals surface area contributed by atoms with Gasteiger partial charge in [0.2, 0.25) is 11.9 Å². The molecule has 2 atom stereocenters. The van der Waals surface area contributed by atoms with Crippen LogP contribution in [0.4, 0.5) is 0 Å². The van der Waals surface area contributed by atoms with Gasteiger partial charge in [0.05, 0.1) is 11.4 Å². The number of fused-ring (bicyclic) bond motifs is 4. The summed E-state index contributed by atoms with van der Waals surface area (Å²) >= 11 is 0. The van der Waals surface area contributed by atoms with Gasteiger partial charge in [-0.05, 0) is 37.1 Å². The lowest BCUT2D eigenvalue weighted by Gasteiger charge is -2.17. The Hall–Kier alpha value is -3.50. The first-order valence-corrected chi connectivity index (χ1v) is 9.33. The van der Waals surface area contributed by atoms with Crippen molar-refractivity contribution in [2.45, 2.75) is 25.0 Å². The van der Waals surface area contributed by atoms with Crippen molar-refractivity contribution in [3.05, 3.63) is 59.7 Å². The Bertz CT molecular complexity index is 993. The van der Waals surface area contributed by atoms with Gasteiger partial charge in [-0.1, -0.05) is 24.3 Å². The molecular formula is C20H24Cl2N8O2. The molecule has 0 fully saturated rings. The predicted molar refractivity (Wildman–Crippen MR) is 130 cm³/mol. The molecule has 10 nitrogen and oxygen atoms in total. The highest BCUT2D eigenvalue weighted by molar-refractivity contribution is 5.98. The van der Waals surface area contributed by atoms with Crippen LogP contribution < -0.4 is 32.4 Å².